The van der Waals surface area contributed by atoms with Gasteiger partial charge in [-0.2, -0.15) is 11.8 Å². The van der Waals surface area contributed by atoms with Gasteiger partial charge in [-0.3, -0.25) is 4.79 Å². The lowest BCUT2D eigenvalue weighted by atomic mass is 10.1. The summed E-state index contributed by atoms with van der Waals surface area (Å²) in [6.45, 7) is 1.82. The number of carbonyl (C=O) groups excluding carboxylic acids is 1. The van der Waals surface area contributed by atoms with Crippen LogP contribution in [0.1, 0.15) is 32.1 Å². The molecule has 1 heterocycles. The van der Waals surface area contributed by atoms with Crippen LogP contribution < -0.4 is 10.6 Å². The number of thioether (sulfide) groups is 2. The van der Waals surface area contributed by atoms with E-state index in [1.807, 2.05) is 23.5 Å². The van der Waals surface area contributed by atoms with Gasteiger partial charge in [0.15, 0.2) is 0 Å². The van der Waals surface area contributed by atoms with E-state index in [1.165, 1.54) is 30.6 Å². The van der Waals surface area contributed by atoms with E-state index >= 15 is 0 Å². The summed E-state index contributed by atoms with van der Waals surface area (Å²) in [7, 11) is 0. The van der Waals surface area contributed by atoms with Crippen molar-refractivity contribution in [2.24, 2.45) is 0 Å². The van der Waals surface area contributed by atoms with Crippen molar-refractivity contribution in [3.63, 3.8) is 0 Å². The van der Waals surface area contributed by atoms with Crippen LogP contribution in [0.15, 0.2) is 35.2 Å². The zero-order valence-electron chi connectivity index (χ0n) is 13.6. The van der Waals surface area contributed by atoms with Crippen LogP contribution in [-0.4, -0.2) is 41.3 Å². The molecular weight excluding hydrogens is 324 g/mol. The van der Waals surface area contributed by atoms with E-state index in [0.29, 0.717) is 12.5 Å². The van der Waals surface area contributed by atoms with Crippen molar-refractivity contribution in [3.8, 4) is 0 Å². The first-order valence-corrected chi connectivity index (χ1v) is 10.5. The Kier molecular flexibility index (Phi) is 6.31. The number of hydrogen-bond acceptors (Lipinski definition) is 4. The Balaban J connectivity index is 1.51. The average Bonchev–Trinajstić information content (AvgIpc) is 3.04. The first-order chi connectivity index (χ1) is 11.3. The SMILES string of the molecule is O=C(CC1CSCCN1)NCC1(Sc2ccccc2)CCCC1. The molecule has 0 radical (unpaired) electrons. The third-order valence-corrected chi connectivity index (χ3v) is 7.25. The first kappa shape index (κ1) is 17.2. The van der Waals surface area contributed by atoms with Gasteiger partial charge in [0, 0.05) is 46.7 Å². The third-order valence-electron chi connectivity index (χ3n) is 4.63. The molecule has 2 fully saturated rings. The normalized spacial score (nSPS) is 23.6. The summed E-state index contributed by atoms with van der Waals surface area (Å²) in [5.41, 5.74) is 0. The molecule has 1 aromatic carbocycles. The minimum Gasteiger partial charge on any atom is -0.355 e. The lowest BCUT2D eigenvalue weighted by Crippen LogP contribution is -2.44. The van der Waals surface area contributed by atoms with Gasteiger partial charge in [-0.05, 0) is 25.0 Å². The number of nitrogens with one attached hydrogen (secondary N) is 2. The monoisotopic (exact) mass is 350 g/mol. The maximum Gasteiger partial charge on any atom is 0.221 e. The van der Waals surface area contributed by atoms with Crippen LogP contribution in [0.5, 0.6) is 0 Å². The maximum atomic E-state index is 12.3. The Morgan fingerprint density at radius 1 is 1.30 bits per heavy atom. The van der Waals surface area contributed by atoms with Crippen LogP contribution >= 0.6 is 23.5 Å². The highest BCUT2D eigenvalue weighted by Gasteiger charge is 2.35. The van der Waals surface area contributed by atoms with Gasteiger partial charge in [0.25, 0.3) is 0 Å². The van der Waals surface area contributed by atoms with E-state index in [4.69, 9.17) is 0 Å². The summed E-state index contributed by atoms with van der Waals surface area (Å²) in [6.07, 6.45) is 5.56. The van der Waals surface area contributed by atoms with Gasteiger partial charge in [0.1, 0.15) is 0 Å². The molecule has 1 aliphatic heterocycles. The van der Waals surface area contributed by atoms with Crippen LogP contribution in [0.2, 0.25) is 0 Å². The van der Waals surface area contributed by atoms with E-state index in [2.05, 4.69) is 41.0 Å². The fourth-order valence-corrected chi connectivity index (χ4v) is 5.76. The Labute approximate surface area is 147 Å². The second kappa shape index (κ2) is 8.45. The molecule has 1 aliphatic carbocycles. The van der Waals surface area contributed by atoms with Gasteiger partial charge < -0.3 is 10.6 Å². The fraction of sp³-hybridized carbons (Fsp3) is 0.611. The molecule has 1 atom stereocenters. The molecule has 2 N–H and O–H groups in total. The van der Waals surface area contributed by atoms with Crippen LogP contribution in [-0.2, 0) is 4.79 Å². The standard InChI is InChI=1S/C18H26N2OS2/c21-17(12-15-13-22-11-10-19-15)20-14-18(8-4-5-9-18)23-16-6-2-1-3-7-16/h1-3,6-7,15,19H,4-5,8-14H2,(H,20,21). The van der Waals surface area contributed by atoms with E-state index in [-0.39, 0.29) is 10.7 Å². The average molecular weight is 351 g/mol. The highest BCUT2D eigenvalue weighted by Crippen LogP contribution is 2.44. The number of hydrogen-bond donors (Lipinski definition) is 2. The van der Waals surface area contributed by atoms with Crippen molar-refractivity contribution in [2.45, 2.75) is 47.8 Å². The number of rotatable bonds is 6. The quantitative estimate of drug-likeness (QED) is 0.826. The lowest BCUT2D eigenvalue weighted by Gasteiger charge is -2.29. The van der Waals surface area contributed by atoms with Gasteiger partial charge in [-0.25, -0.2) is 0 Å². The molecule has 3 rings (SSSR count). The molecule has 0 bridgehead atoms. The molecular formula is C18H26N2OS2. The summed E-state index contributed by atoms with van der Waals surface area (Å²) in [5, 5.41) is 6.66. The van der Waals surface area contributed by atoms with Crippen molar-refractivity contribution >= 4 is 29.4 Å². The van der Waals surface area contributed by atoms with Crippen molar-refractivity contribution in [2.75, 3.05) is 24.6 Å². The molecule has 0 spiro atoms. The summed E-state index contributed by atoms with van der Waals surface area (Å²) >= 11 is 3.90. The first-order valence-electron chi connectivity index (χ1n) is 8.58. The fourth-order valence-electron chi connectivity index (χ4n) is 3.38. The van der Waals surface area contributed by atoms with Gasteiger partial charge in [0.05, 0.1) is 0 Å². The minimum absolute atomic E-state index is 0.186. The second-order valence-corrected chi connectivity index (χ2v) is 9.20. The maximum absolute atomic E-state index is 12.3. The summed E-state index contributed by atoms with van der Waals surface area (Å²) in [5.74, 6) is 2.41. The molecule has 5 heteroatoms. The van der Waals surface area contributed by atoms with Gasteiger partial charge >= 0.3 is 0 Å². The van der Waals surface area contributed by atoms with Crippen molar-refractivity contribution in [1.82, 2.24) is 10.6 Å². The van der Waals surface area contributed by atoms with Crippen LogP contribution in [0, 0.1) is 0 Å². The van der Waals surface area contributed by atoms with E-state index in [1.54, 1.807) is 0 Å². The largest absolute Gasteiger partial charge is 0.355 e. The molecule has 1 saturated carbocycles. The molecule has 1 aromatic rings. The summed E-state index contributed by atoms with van der Waals surface area (Å²) in [6, 6.07) is 10.9. The summed E-state index contributed by atoms with van der Waals surface area (Å²) in [4.78, 5) is 13.6. The molecule has 2 aliphatic rings. The van der Waals surface area contributed by atoms with Crippen molar-refractivity contribution in [3.05, 3.63) is 30.3 Å². The van der Waals surface area contributed by atoms with E-state index < -0.39 is 0 Å². The number of carbonyl (C=O) groups is 1. The van der Waals surface area contributed by atoms with E-state index in [0.717, 1.165) is 24.6 Å². The Bertz CT molecular complexity index is 497. The third kappa shape index (κ3) is 5.16. The smallest absolute Gasteiger partial charge is 0.221 e. The predicted octanol–water partition coefficient (Wildman–Crippen LogP) is 3.30. The molecule has 126 valence electrons. The molecule has 1 unspecified atom stereocenters. The Hall–Kier alpha value is -0.650. The Morgan fingerprint density at radius 2 is 2.09 bits per heavy atom. The van der Waals surface area contributed by atoms with Crippen molar-refractivity contribution < 1.29 is 4.79 Å². The highest BCUT2D eigenvalue weighted by molar-refractivity contribution is 8.00. The topological polar surface area (TPSA) is 41.1 Å². The van der Waals surface area contributed by atoms with Gasteiger partial charge in [0.2, 0.25) is 5.91 Å². The lowest BCUT2D eigenvalue weighted by molar-refractivity contribution is -0.121. The molecule has 3 nitrogen and oxygen atoms in total. The zero-order chi connectivity index (χ0) is 16.0. The van der Waals surface area contributed by atoms with Crippen LogP contribution in [0.4, 0.5) is 0 Å². The molecule has 1 saturated heterocycles. The number of benzene rings is 1. The van der Waals surface area contributed by atoms with Crippen LogP contribution in [0.25, 0.3) is 0 Å². The van der Waals surface area contributed by atoms with Gasteiger partial charge in [-0.15, -0.1) is 11.8 Å². The minimum atomic E-state index is 0.186. The summed E-state index contributed by atoms with van der Waals surface area (Å²) < 4.78 is 0.186. The molecule has 1 amide bonds. The van der Waals surface area contributed by atoms with Crippen molar-refractivity contribution in [1.29, 1.82) is 0 Å². The van der Waals surface area contributed by atoms with Crippen LogP contribution in [0.3, 0.4) is 0 Å². The zero-order valence-corrected chi connectivity index (χ0v) is 15.2. The number of amides is 1. The molecule has 23 heavy (non-hydrogen) atoms. The molecule has 0 aromatic heterocycles. The second-order valence-electron chi connectivity index (χ2n) is 6.51. The van der Waals surface area contributed by atoms with E-state index in [9.17, 15) is 4.79 Å². The highest BCUT2D eigenvalue weighted by atomic mass is 32.2. The van der Waals surface area contributed by atoms with Gasteiger partial charge in [-0.1, -0.05) is 31.0 Å². The predicted molar refractivity (Wildman–Crippen MR) is 100 cm³/mol. The Morgan fingerprint density at radius 3 is 2.78 bits per heavy atom.